The van der Waals surface area contributed by atoms with Gasteiger partial charge in [-0.3, -0.25) is 0 Å². The molecule has 2 heterocycles. The first-order valence-corrected chi connectivity index (χ1v) is 8.68. The van der Waals surface area contributed by atoms with Crippen LogP contribution in [-0.4, -0.2) is 24.1 Å². The number of nitrogens with zero attached hydrogens (tertiary/aromatic N) is 1. The number of hydrogen-bond acceptors (Lipinski definition) is 3. The van der Waals surface area contributed by atoms with Crippen LogP contribution in [0.3, 0.4) is 0 Å². The lowest BCUT2D eigenvalue weighted by atomic mass is 10.1. The maximum Gasteiger partial charge on any atom is 0.315 e. The summed E-state index contributed by atoms with van der Waals surface area (Å²) >= 11 is 5.72. The minimum absolute atomic E-state index is 0.0480. The van der Waals surface area contributed by atoms with E-state index >= 15 is 0 Å². The van der Waals surface area contributed by atoms with Gasteiger partial charge in [0.05, 0.1) is 5.02 Å². The predicted octanol–water partition coefficient (Wildman–Crippen LogP) is 3.27. The van der Waals surface area contributed by atoms with Gasteiger partial charge in [-0.25, -0.2) is 14.2 Å². The van der Waals surface area contributed by atoms with E-state index in [-0.39, 0.29) is 17.6 Å². The van der Waals surface area contributed by atoms with Gasteiger partial charge in [-0.05, 0) is 42.2 Å². The Kier molecular flexibility index (Phi) is 5.71. The van der Waals surface area contributed by atoms with Crippen molar-refractivity contribution >= 4 is 23.4 Å². The van der Waals surface area contributed by atoms with Crippen LogP contribution < -0.4 is 16.0 Å². The molecule has 0 saturated heterocycles. The summed E-state index contributed by atoms with van der Waals surface area (Å²) < 4.78 is 13.1. The summed E-state index contributed by atoms with van der Waals surface area (Å²) in [6.45, 7) is 1.73. The van der Waals surface area contributed by atoms with Crippen LogP contribution in [0.4, 0.5) is 15.0 Å². The molecule has 25 heavy (non-hydrogen) atoms. The third-order valence-corrected chi connectivity index (χ3v) is 4.35. The topological polar surface area (TPSA) is 66.0 Å². The van der Waals surface area contributed by atoms with Gasteiger partial charge in [-0.2, -0.15) is 0 Å². The molecule has 2 amide bonds. The van der Waals surface area contributed by atoms with Gasteiger partial charge >= 0.3 is 6.03 Å². The predicted molar refractivity (Wildman–Crippen MR) is 96.4 cm³/mol. The van der Waals surface area contributed by atoms with E-state index in [1.165, 1.54) is 17.7 Å². The van der Waals surface area contributed by atoms with Crippen molar-refractivity contribution in [1.82, 2.24) is 15.6 Å². The number of nitrogens with one attached hydrogen (secondary N) is 3. The third kappa shape index (κ3) is 4.82. The van der Waals surface area contributed by atoms with Gasteiger partial charge < -0.3 is 16.0 Å². The average Bonchev–Trinajstić information content (AvgIpc) is 2.62. The van der Waals surface area contributed by atoms with Gasteiger partial charge in [-0.15, -0.1) is 0 Å². The zero-order valence-electron chi connectivity index (χ0n) is 13.7. The number of benzene rings is 1. The number of aryl methyl sites for hydroxylation is 1. The maximum absolute atomic E-state index is 13.1. The number of hydrogen-bond donors (Lipinski definition) is 3. The monoisotopic (exact) mass is 362 g/mol. The van der Waals surface area contributed by atoms with E-state index in [2.05, 4.69) is 27.0 Å². The molecule has 0 saturated carbocycles. The standard InChI is InChI=1S/C18H20ClFN4O/c19-15-10-12(3-6-16(15)20)11-23-18(25)22-9-7-14-5-4-13-2-1-8-21-17(13)24-14/h3-6,10H,1-2,7-9,11H2,(H,21,24)(H2,22,23,25). The molecule has 0 unspecified atom stereocenters. The molecule has 3 N–H and O–H groups in total. The van der Waals surface area contributed by atoms with Gasteiger partial charge in [0.1, 0.15) is 11.6 Å². The largest absolute Gasteiger partial charge is 0.370 e. The molecule has 132 valence electrons. The number of fused-ring (bicyclic) bond motifs is 1. The number of rotatable bonds is 5. The lowest BCUT2D eigenvalue weighted by Crippen LogP contribution is -2.36. The Morgan fingerprint density at radius 2 is 2.16 bits per heavy atom. The van der Waals surface area contributed by atoms with Crippen molar-refractivity contribution in [3.8, 4) is 0 Å². The number of pyridine rings is 1. The summed E-state index contributed by atoms with van der Waals surface area (Å²) in [4.78, 5) is 16.4. The normalized spacial score (nSPS) is 12.9. The highest BCUT2D eigenvalue weighted by Crippen LogP contribution is 2.19. The van der Waals surface area contributed by atoms with Gasteiger partial charge in [0.2, 0.25) is 0 Å². The van der Waals surface area contributed by atoms with Crippen molar-refractivity contribution in [2.75, 3.05) is 18.4 Å². The summed E-state index contributed by atoms with van der Waals surface area (Å²) in [6.07, 6.45) is 2.85. The molecule has 1 aliphatic heterocycles. The molecule has 1 aromatic carbocycles. The van der Waals surface area contributed by atoms with Crippen LogP contribution in [-0.2, 0) is 19.4 Å². The van der Waals surface area contributed by atoms with Crippen LogP contribution in [0, 0.1) is 5.82 Å². The van der Waals surface area contributed by atoms with Gasteiger partial charge in [0.25, 0.3) is 0 Å². The molecule has 0 fully saturated rings. The van der Waals surface area contributed by atoms with Crippen LogP contribution in [0.15, 0.2) is 30.3 Å². The molecule has 0 atom stereocenters. The van der Waals surface area contributed by atoms with E-state index in [0.717, 1.165) is 36.5 Å². The molecular formula is C18H20ClFN4O. The second-order valence-electron chi connectivity index (χ2n) is 5.95. The number of carbonyl (C=O) groups excluding carboxylic acids is 1. The molecule has 0 radical (unpaired) electrons. The molecule has 3 rings (SSSR count). The van der Waals surface area contributed by atoms with Crippen molar-refractivity contribution in [2.24, 2.45) is 0 Å². The third-order valence-electron chi connectivity index (χ3n) is 4.06. The fourth-order valence-corrected chi connectivity index (χ4v) is 2.91. The van der Waals surface area contributed by atoms with Crippen molar-refractivity contribution in [1.29, 1.82) is 0 Å². The molecule has 1 aromatic heterocycles. The van der Waals surface area contributed by atoms with Gasteiger partial charge in [0, 0.05) is 31.7 Å². The maximum atomic E-state index is 13.1. The second-order valence-corrected chi connectivity index (χ2v) is 6.36. The molecule has 0 aliphatic carbocycles. The minimum atomic E-state index is -0.470. The molecule has 7 heteroatoms. The summed E-state index contributed by atoms with van der Waals surface area (Å²) in [5.74, 6) is 0.489. The SMILES string of the molecule is O=C(NCCc1ccc2c(n1)NCCC2)NCc1ccc(F)c(Cl)c1. The number of carbonyl (C=O) groups is 1. The fourth-order valence-electron chi connectivity index (χ4n) is 2.71. The molecule has 0 spiro atoms. The van der Waals surface area contributed by atoms with E-state index in [4.69, 9.17) is 11.6 Å². The minimum Gasteiger partial charge on any atom is -0.370 e. The first-order chi connectivity index (χ1) is 12.1. The van der Waals surface area contributed by atoms with E-state index in [9.17, 15) is 9.18 Å². The van der Waals surface area contributed by atoms with E-state index in [0.29, 0.717) is 13.0 Å². The van der Waals surface area contributed by atoms with Crippen LogP contribution in [0.2, 0.25) is 5.02 Å². The van der Waals surface area contributed by atoms with E-state index in [1.807, 2.05) is 6.07 Å². The molecule has 0 bridgehead atoms. The smallest absolute Gasteiger partial charge is 0.315 e. The van der Waals surface area contributed by atoms with E-state index in [1.54, 1.807) is 6.07 Å². The van der Waals surface area contributed by atoms with Gasteiger partial charge in [-0.1, -0.05) is 23.7 Å². The van der Waals surface area contributed by atoms with Crippen LogP contribution in [0.5, 0.6) is 0 Å². The fraction of sp³-hybridized carbons (Fsp3) is 0.333. The lowest BCUT2D eigenvalue weighted by molar-refractivity contribution is 0.240. The highest BCUT2D eigenvalue weighted by Gasteiger charge is 2.10. The highest BCUT2D eigenvalue weighted by atomic mass is 35.5. The Morgan fingerprint density at radius 3 is 3.00 bits per heavy atom. The van der Waals surface area contributed by atoms with Crippen molar-refractivity contribution in [3.63, 3.8) is 0 Å². The molecule has 5 nitrogen and oxygen atoms in total. The summed E-state index contributed by atoms with van der Waals surface area (Å²) in [7, 11) is 0. The Labute approximate surface area is 151 Å². The average molecular weight is 363 g/mol. The number of anilines is 1. The first-order valence-electron chi connectivity index (χ1n) is 8.30. The molecule has 2 aromatic rings. The van der Waals surface area contributed by atoms with Crippen molar-refractivity contribution in [2.45, 2.75) is 25.8 Å². The van der Waals surface area contributed by atoms with Crippen molar-refractivity contribution < 1.29 is 9.18 Å². The zero-order chi connectivity index (χ0) is 17.6. The van der Waals surface area contributed by atoms with Crippen LogP contribution in [0.1, 0.15) is 23.2 Å². The Balaban J connectivity index is 1.42. The van der Waals surface area contributed by atoms with Crippen LogP contribution >= 0.6 is 11.6 Å². The first kappa shape index (κ1) is 17.5. The number of aromatic nitrogens is 1. The summed E-state index contributed by atoms with van der Waals surface area (Å²) in [5, 5.41) is 8.86. The number of amides is 2. The second kappa shape index (κ2) is 8.16. The van der Waals surface area contributed by atoms with E-state index < -0.39 is 5.82 Å². The quantitative estimate of drug-likeness (QED) is 0.764. The molecular weight excluding hydrogens is 343 g/mol. The molecule has 1 aliphatic rings. The Bertz CT molecular complexity index is 769. The zero-order valence-corrected chi connectivity index (χ0v) is 14.5. The summed E-state index contributed by atoms with van der Waals surface area (Å²) in [6, 6.07) is 8.20. The number of urea groups is 1. The Morgan fingerprint density at radius 1 is 1.28 bits per heavy atom. The highest BCUT2D eigenvalue weighted by molar-refractivity contribution is 6.30. The number of halogens is 2. The van der Waals surface area contributed by atoms with Crippen molar-refractivity contribution in [3.05, 3.63) is 58.0 Å². The Hall–Kier alpha value is -2.34. The van der Waals surface area contributed by atoms with Gasteiger partial charge in [0.15, 0.2) is 0 Å². The van der Waals surface area contributed by atoms with Crippen LogP contribution in [0.25, 0.3) is 0 Å². The lowest BCUT2D eigenvalue weighted by Gasteiger charge is -2.17. The summed E-state index contributed by atoms with van der Waals surface area (Å²) in [5.41, 5.74) is 2.93.